The second-order valence-corrected chi connectivity index (χ2v) is 6.71. The molecule has 1 aliphatic heterocycles. The van der Waals surface area contributed by atoms with Crippen LogP contribution in [0.2, 0.25) is 0 Å². The first kappa shape index (κ1) is 17.0. The Morgan fingerprint density at radius 3 is 2.60 bits per heavy atom. The third-order valence-corrected chi connectivity index (χ3v) is 4.94. The highest BCUT2D eigenvalue weighted by Gasteiger charge is 2.35. The minimum atomic E-state index is -0.559. The molecule has 0 aliphatic carbocycles. The van der Waals surface area contributed by atoms with E-state index in [1.54, 1.807) is 0 Å². The molecule has 1 unspecified atom stereocenters. The van der Waals surface area contributed by atoms with Crippen molar-refractivity contribution in [3.63, 3.8) is 0 Å². The second kappa shape index (κ2) is 6.98. The van der Waals surface area contributed by atoms with Crippen LogP contribution in [0.1, 0.15) is 21.4 Å². The zero-order valence-electron chi connectivity index (χ0n) is 13.8. The maximum atomic E-state index is 12.4. The van der Waals surface area contributed by atoms with E-state index in [0.29, 0.717) is 0 Å². The smallest absolute Gasteiger partial charge is 0.292 e. The molecule has 3 N–H and O–H groups in total. The highest BCUT2D eigenvalue weighted by atomic mass is 32.2. The van der Waals surface area contributed by atoms with Gasteiger partial charge < -0.3 is 10.6 Å². The summed E-state index contributed by atoms with van der Waals surface area (Å²) in [6.07, 6.45) is 2.78. The Hall–Kier alpha value is -2.81. The van der Waals surface area contributed by atoms with Crippen molar-refractivity contribution < 1.29 is 9.59 Å². The maximum Gasteiger partial charge on any atom is 0.292 e. The van der Waals surface area contributed by atoms with Crippen molar-refractivity contribution in [2.75, 3.05) is 30.5 Å². The van der Waals surface area contributed by atoms with Gasteiger partial charge in [-0.2, -0.15) is 0 Å². The number of nitrogen functional groups attached to an aromatic ring is 1. The van der Waals surface area contributed by atoms with Gasteiger partial charge in [0.2, 0.25) is 0 Å². The third kappa shape index (κ3) is 3.50. The molecule has 1 aromatic carbocycles. The van der Waals surface area contributed by atoms with Gasteiger partial charge in [0.05, 0.1) is 5.75 Å². The molecule has 25 heavy (non-hydrogen) atoms. The lowest BCUT2D eigenvalue weighted by Gasteiger charge is -2.25. The number of nitrogens with one attached hydrogen (secondary N) is 1. The number of hydrogen-bond donors (Lipinski definition) is 2. The Morgan fingerprint density at radius 1 is 1.28 bits per heavy atom. The summed E-state index contributed by atoms with van der Waals surface area (Å²) >= 11 is 1.45. The van der Waals surface area contributed by atoms with Crippen LogP contribution < -0.4 is 16.1 Å². The van der Waals surface area contributed by atoms with Crippen LogP contribution in [0, 0.1) is 0 Å². The Kier molecular flexibility index (Phi) is 4.75. The van der Waals surface area contributed by atoms with Crippen molar-refractivity contribution in [3.8, 4) is 0 Å². The number of hydrazine groups is 1. The number of nitrogens with zero attached hydrogens (tertiary/aromatic N) is 4. The summed E-state index contributed by atoms with van der Waals surface area (Å²) in [4.78, 5) is 34.3. The number of aromatic nitrogens is 2. The molecule has 1 atom stereocenters. The first-order valence-corrected chi connectivity index (χ1v) is 8.60. The number of benzene rings is 1. The van der Waals surface area contributed by atoms with Crippen LogP contribution in [0.4, 0.5) is 11.5 Å². The van der Waals surface area contributed by atoms with E-state index in [1.807, 2.05) is 43.3 Å². The lowest BCUT2D eigenvalue weighted by Crippen LogP contribution is -2.45. The predicted octanol–water partition coefficient (Wildman–Crippen LogP) is 1.04. The number of nitrogens with two attached hydrogens (primary N) is 1. The molecule has 1 aromatic heterocycles. The number of hydrogen-bond acceptors (Lipinski definition) is 7. The second-order valence-electron chi connectivity index (χ2n) is 5.64. The van der Waals surface area contributed by atoms with E-state index in [0.717, 1.165) is 11.3 Å². The van der Waals surface area contributed by atoms with Gasteiger partial charge in [-0.1, -0.05) is 12.1 Å². The van der Waals surface area contributed by atoms with Crippen molar-refractivity contribution in [2.45, 2.75) is 5.37 Å². The average molecular weight is 358 g/mol. The summed E-state index contributed by atoms with van der Waals surface area (Å²) in [7, 11) is 3.92. The number of thioether (sulfide) groups is 1. The Labute approximate surface area is 149 Å². The van der Waals surface area contributed by atoms with Gasteiger partial charge in [-0.25, -0.2) is 15.0 Å². The maximum absolute atomic E-state index is 12.4. The summed E-state index contributed by atoms with van der Waals surface area (Å²) in [5.74, 6) is -0.430. The molecule has 3 rings (SSSR count). The lowest BCUT2D eigenvalue weighted by atomic mass is 10.2. The van der Waals surface area contributed by atoms with E-state index in [9.17, 15) is 9.59 Å². The lowest BCUT2D eigenvalue weighted by molar-refractivity contribution is -0.130. The van der Waals surface area contributed by atoms with Gasteiger partial charge >= 0.3 is 0 Å². The number of carbonyl (C=O) groups is 2. The molecule has 0 spiro atoms. The molecule has 8 nitrogen and oxygen atoms in total. The van der Waals surface area contributed by atoms with Crippen molar-refractivity contribution in [1.82, 2.24) is 20.4 Å². The molecule has 2 aromatic rings. The van der Waals surface area contributed by atoms with Crippen molar-refractivity contribution in [1.29, 1.82) is 0 Å². The average Bonchev–Trinajstić information content (AvgIpc) is 2.96. The highest BCUT2D eigenvalue weighted by molar-refractivity contribution is 8.00. The summed E-state index contributed by atoms with van der Waals surface area (Å²) in [5, 5.41) is 1.02. The SMILES string of the molecule is CN(C)c1ccc(C2SCC(=O)N2NC(=O)c2nccnc2N)cc1. The Morgan fingerprint density at radius 2 is 1.96 bits per heavy atom. The van der Waals surface area contributed by atoms with Crippen LogP contribution >= 0.6 is 11.8 Å². The molecular formula is C16H18N6O2S. The third-order valence-electron chi connectivity index (χ3n) is 3.73. The monoisotopic (exact) mass is 358 g/mol. The zero-order chi connectivity index (χ0) is 18.0. The predicted molar refractivity (Wildman–Crippen MR) is 96.7 cm³/mol. The Balaban J connectivity index is 1.80. The van der Waals surface area contributed by atoms with Crippen LogP contribution in [0.25, 0.3) is 0 Å². The van der Waals surface area contributed by atoms with Crippen molar-refractivity contribution in [2.24, 2.45) is 0 Å². The van der Waals surface area contributed by atoms with E-state index in [1.165, 1.54) is 29.2 Å². The highest BCUT2D eigenvalue weighted by Crippen LogP contribution is 2.37. The standard InChI is InChI=1S/C16H18N6O2S/c1-21(2)11-5-3-10(4-6-11)16-22(12(23)9-25-16)20-15(24)13-14(17)19-8-7-18-13/h3-8,16H,9H2,1-2H3,(H2,17,19)(H,20,24). The van der Waals surface area contributed by atoms with Gasteiger partial charge in [0.25, 0.3) is 11.8 Å². The zero-order valence-corrected chi connectivity index (χ0v) is 14.7. The van der Waals surface area contributed by atoms with Gasteiger partial charge in [-0.3, -0.25) is 15.0 Å². The molecule has 0 bridgehead atoms. The van der Waals surface area contributed by atoms with Gasteiger partial charge in [0, 0.05) is 32.2 Å². The number of rotatable bonds is 4. The van der Waals surface area contributed by atoms with E-state index < -0.39 is 5.91 Å². The molecule has 2 heterocycles. The minimum absolute atomic E-state index is 0.00564. The van der Waals surface area contributed by atoms with Crippen LogP contribution in [0.15, 0.2) is 36.7 Å². The van der Waals surface area contributed by atoms with Gasteiger partial charge in [0.1, 0.15) is 5.37 Å². The molecule has 0 saturated carbocycles. The van der Waals surface area contributed by atoms with Crippen LogP contribution in [0.5, 0.6) is 0 Å². The summed E-state index contributed by atoms with van der Waals surface area (Å²) < 4.78 is 0. The number of carbonyl (C=O) groups excluding carboxylic acids is 2. The molecule has 1 fully saturated rings. The molecular weight excluding hydrogens is 340 g/mol. The van der Waals surface area contributed by atoms with Crippen molar-refractivity contribution >= 4 is 35.1 Å². The first-order chi connectivity index (χ1) is 12.0. The Bertz CT molecular complexity index is 795. The van der Waals surface area contributed by atoms with E-state index in [4.69, 9.17) is 5.73 Å². The van der Waals surface area contributed by atoms with Crippen LogP contribution in [-0.4, -0.2) is 46.6 Å². The molecule has 0 radical (unpaired) electrons. The fourth-order valence-electron chi connectivity index (χ4n) is 2.41. The summed E-state index contributed by atoms with van der Waals surface area (Å²) in [6, 6.07) is 7.83. The van der Waals surface area contributed by atoms with E-state index >= 15 is 0 Å². The number of amides is 2. The van der Waals surface area contributed by atoms with Gasteiger partial charge in [0.15, 0.2) is 11.5 Å². The largest absolute Gasteiger partial charge is 0.382 e. The minimum Gasteiger partial charge on any atom is -0.382 e. The van der Waals surface area contributed by atoms with E-state index in [2.05, 4.69) is 15.4 Å². The fraction of sp³-hybridized carbons (Fsp3) is 0.250. The first-order valence-electron chi connectivity index (χ1n) is 7.56. The van der Waals surface area contributed by atoms with Crippen LogP contribution in [-0.2, 0) is 4.79 Å². The number of anilines is 2. The summed E-state index contributed by atoms with van der Waals surface area (Å²) in [5.41, 5.74) is 10.3. The van der Waals surface area contributed by atoms with Crippen LogP contribution in [0.3, 0.4) is 0 Å². The normalized spacial score (nSPS) is 16.8. The fourth-order valence-corrected chi connectivity index (χ4v) is 3.52. The molecule has 1 saturated heterocycles. The van der Waals surface area contributed by atoms with E-state index in [-0.39, 0.29) is 28.5 Å². The van der Waals surface area contributed by atoms with Gasteiger partial charge in [-0.05, 0) is 17.7 Å². The molecule has 9 heteroatoms. The molecule has 2 amide bonds. The van der Waals surface area contributed by atoms with Crippen molar-refractivity contribution in [3.05, 3.63) is 47.9 Å². The molecule has 130 valence electrons. The quantitative estimate of drug-likeness (QED) is 0.841. The van der Waals surface area contributed by atoms with Gasteiger partial charge in [-0.15, -0.1) is 11.8 Å². The summed E-state index contributed by atoms with van der Waals surface area (Å²) in [6.45, 7) is 0. The molecule has 1 aliphatic rings. The topological polar surface area (TPSA) is 104 Å².